The highest BCUT2D eigenvalue weighted by atomic mass is 16.5. The minimum Gasteiger partial charge on any atom is -0.492 e. The molecule has 0 unspecified atom stereocenters. The third kappa shape index (κ3) is 4.26. The molecule has 1 aliphatic heterocycles. The molecule has 3 heterocycles. The molecule has 2 amide bonds. The largest absolute Gasteiger partial charge is 0.492 e. The standard InChI is InChI=1S/C19H22N8O2/c1-2-29-16-6-4-3-5-15(16)24-19(28)26-9-7-25(8-10-26)17-11-18(22-13-21-17)27-14-20-12-23-27/h3-6,11-14H,2,7-10H2,1H3,(H,24,28). The number of nitrogens with zero attached hydrogens (tertiary/aromatic N) is 7. The fourth-order valence-electron chi connectivity index (χ4n) is 3.15. The second-order valence-corrected chi connectivity index (χ2v) is 6.41. The quantitative estimate of drug-likeness (QED) is 0.704. The summed E-state index contributed by atoms with van der Waals surface area (Å²) >= 11 is 0. The van der Waals surface area contributed by atoms with E-state index in [-0.39, 0.29) is 6.03 Å². The van der Waals surface area contributed by atoms with Crippen LogP contribution in [0.1, 0.15) is 6.92 Å². The highest BCUT2D eigenvalue weighted by Gasteiger charge is 2.23. The van der Waals surface area contributed by atoms with Crippen LogP contribution in [0.25, 0.3) is 5.82 Å². The van der Waals surface area contributed by atoms with Crippen LogP contribution < -0.4 is 15.0 Å². The van der Waals surface area contributed by atoms with Gasteiger partial charge in [0.1, 0.15) is 30.5 Å². The Balaban J connectivity index is 1.37. The van der Waals surface area contributed by atoms with E-state index in [4.69, 9.17) is 4.74 Å². The molecule has 10 nitrogen and oxygen atoms in total. The Kier molecular flexibility index (Phi) is 5.50. The first-order valence-electron chi connectivity index (χ1n) is 9.44. The Morgan fingerprint density at radius 2 is 1.90 bits per heavy atom. The smallest absolute Gasteiger partial charge is 0.322 e. The van der Waals surface area contributed by atoms with Crippen molar-refractivity contribution in [1.29, 1.82) is 0 Å². The summed E-state index contributed by atoms with van der Waals surface area (Å²) in [6.45, 7) is 4.99. The maximum absolute atomic E-state index is 12.7. The lowest BCUT2D eigenvalue weighted by Crippen LogP contribution is -2.50. The van der Waals surface area contributed by atoms with Crippen molar-refractivity contribution in [2.45, 2.75) is 6.92 Å². The van der Waals surface area contributed by atoms with Gasteiger partial charge in [-0.05, 0) is 19.1 Å². The number of aromatic nitrogens is 5. The molecule has 0 atom stereocenters. The number of amides is 2. The van der Waals surface area contributed by atoms with Crippen molar-refractivity contribution in [2.24, 2.45) is 0 Å². The van der Waals surface area contributed by atoms with Crippen LogP contribution in [0.2, 0.25) is 0 Å². The maximum atomic E-state index is 12.7. The predicted molar refractivity (Wildman–Crippen MR) is 107 cm³/mol. The molecule has 3 aromatic rings. The molecule has 1 aliphatic rings. The van der Waals surface area contributed by atoms with Crippen molar-refractivity contribution in [3.63, 3.8) is 0 Å². The molecule has 10 heteroatoms. The van der Waals surface area contributed by atoms with Gasteiger partial charge in [-0.25, -0.2) is 24.4 Å². The predicted octanol–water partition coefficient (Wildman–Crippen LogP) is 1.81. The molecule has 0 bridgehead atoms. The molecule has 2 aromatic heterocycles. The average molecular weight is 394 g/mol. The number of hydrogen-bond acceptors (Lipinski definition) is 7. The van der Waals surface area contributed by atoms with Gasteiger partial charge < -0.3 is 19.9 Å². The SMILES string of the molecule is CCOc1ccccc1NC(=O)N1CCN(c2cc(-n3cncn3)ncn2)CC1. The van der Waals surface area contributed by atoms with Crippen molar-refractivity contribution in [1.82, 2.24) is 29.6 Å². The summed E-state index contributed by atoms with van der Waals surface area (Å²) < 4.78 is 7.16. The summed E-state index contributed by atoms with van der Waals surface area (Å²) in [5.41, 5.74) is 0.676. The second kappa shape index (κ2) is 8.55. The van der Waals surface area contributed by atoms with E-state index in [2.05, 4.69) is 30.3 Å². The van der Waals surface area contributed by atoms with E-state index >= 15 is 0 Å². The Hall–Kier alpha value is -3.69. The van der Waals surface area contributed by atoms with Crippen LogP contribution in [0, 0.1) is 0 Å². The molecular weight excluding hydrogens is 372 g/mol. The van der Waals surface area contributed by atoms with Gasteiger partial charge in [0.25, 0.3) is 0 Å². The van der Waals surface area contributed by atoms with E-state index in [1.54, 1.807) is 15.9 Å². The Morgan fingerprint density at radius 3 is 2.66 bits per heavy atom. The van der Waals surface area contributed by atoms with Crippen LogP contribution in [-0.4, -0.2) is 68.4 Å². The van der Waals surface area contributed by atoms with Gasteiger partial charge in [0, 0.05) is 32.2 Å². The first-order chi connectivity index (χ1) is 14.2. The number of para-hydroxylation sites is 2. The maximum Gasteiger partial charge on any atom is 0.322 e. The summed E-state index contributed by atoms with van der Waals surface area (Å²) in [5, 5.41) is 7.04. The van der Waals surface area contributed by atoms with Gasteiger partial charge in [0.15, 0.2) is 5.82 Å². The minimum atomic E-state index is -0.136. The lowest BCUT2D eigenvalue weighted by molar-refractivity contribution is 0.208. The molecule has 29 heavy (non-hydrogen) atoms. The zero-order chi connectivity index (χ0) is 20.1. The topological polar surface area (TPSA) is 101 Å². The van der Waals surface area contributed by atoms with Crippen LogP contribution in [0.3, 0.4) is 0 Å². The summed E-state index contributed by atoms with van der Waals surface area (Å²) in [4.78, 5) is 29.1. The number of piperazine rings is 1. The highest BCUT2D eigenvalue weighted by molar-refractivity contribution is 5.91. The molecule has 1 saturated heterocycles. The van der Waals surface area contributed by atoms with E-state index in [0.29, 0.717) is 50.0 Å². The van der Waals surface area contributed by atoms with Gasteiger partial charge in [0.05, 0.1) is 12.3 Å². The molecule has 150 valence electrons. The number of urea groups is 1. The number of ether oxygens (including phenoxy) is 1. The lowest BCUT2D eigenvalue weighted by Gasteiger charge is -2.35. The number of anilines is 2. The monoisotopic (exact) mass is 394 g/mol. The van der Waals surface area contributed by atoms with Gasteiger partial charge in [-0.2, -0.15) is 5.10 Å². The lowest BCUT2D eigenvalue weighted by atomic mass is 10.3. The normalized spacial score (nSPS) is 14.0. The molecule has 4 rings (SSSR count). The van der Waals surface area contributed by atoms with Crippen molar-refractivity contribution < 1.29 is 9.53 Å². The van der Waals surface area contributed by atoms with Gasteiger partial charge >= 0.3 is 6.03 Å². The number of nitrogens with one attached hydrogen (secondary N) is 1. The first kappa shape index (κ1) is 18.7. The van der Waals surface area contributed by atoms with Gasteiger partial charge in [-0.1, -0.05) is 12.1 Å². The molecule has 0 spiro atoms. The molecule has 1 aromatic carbocycles. The number of carbonyl (C=O) groups is 1. The van der Waals surface area contributed by atoms with E-state index in [1.165, 1.54) is 12.7 Å². The van der Waals surface area contributed by atoms with E-state index in [9.17, 15) is 4.79 Å². The van der Waals surface area contributed by atoms with E-state index in [1.807, 2.05) is 37.3 Å². The van der Waals surface area contributed by atoms with Crippen molar-refractivity contribution in [3.05, 3.63) is 49.3 Å². The zero-order valence-electron chi connectivity index (χ0n) is 16.1. The van der Waals surface area contributed by atoms with Crippen LogP contribution in [0.4, 0.5) is 16.3 Å². The summed E-state index contributed by atoms with van der Waals surface area (Å²) in [7, 11) is 0. The fourth-order valence-corrected chi connectivity index (χ4v) is 3.15. The van der Waals surface area contributed by atoms with Gasteiger partial charge in [0.2, 0.25) is 0 Å². The van der Waals surface area contributed by atoms with Crippen LogP contribution in [0.5, 0.6) is 5.75 Å². The van der Waals surface area contributed by atoms with Crippen molar-refractivity contribution >= 4 is 17.5 Å². The fraction of sp³-hybridized carbons (Fsp3) is 0.316. The number of hydrogen-bond donors (Lipinski definition) is 1. The third-order valence-corrected chi connectivity index (χ3v) is 4.61. The molecule has 1 fully saturated rings. The number of carbonyl (C=O) groups excluding carboxylic acids is 1. The number of rotatable bonds is 5. The van der Waals surface area contributed by atoms with Crippen LogP contribution in [0.15, 0.2) is 49.3 Å². The Labute approximate surface area is 168 Å². The van der Waals surface area contributed by atoms with E-state index in [0.717, 1.165) is 5.82 Å². The van der Waals surface area contributed by atoms with Gasteiger partial charge in [-0.3, -0.25) is 0 Å². The highest BCUT2D eigenvalue weighted by Crippen LogP contribution is 2.24. The molecule has 0 saturated carbocycles. The molecule has 0 radical (unpaired) electrons. The van der Waals surface area contributed by atoms with Crippen LogP contribution >= 0.6 is 0 Å². The van der Waals surface area contributed by atoms with Crippen molar-refractivity contribution in [3.8, 4) is 11.6 Å². The minimum absolute atomic E-state index is 0.136. The Bertz CT molecular complexity index is 954. The molecule has 1 N–H and O–H groups in total. The second-order valence-electron chi connectivity index (χ2n) is 6.41. The molecular formula is C19H22N8O2. The third-order valence-electron chi connectivity index (χ3n) is 4.61. The summed E-state index contributed by atoms with van der Waals surface area (Å²) in [6.07, 6.45) is 4.56. The van der Waals surface area contributed by atoms with Crippen molar-refractivity contribution in [2.75, 3.05) is 43.0 Å². The number of benzene rings is 1. The first-order valence-corrected chi connectivity index (χ1v) is 9.44. The summed E-state index contributed by atoms with van der Waals surface area (Å²) in [6, 6.07) is 9.17. The van der Waals surface area contributed by atoms with E-state index < -0.39 is 0 Å². The molecule has 0 aliphatic carbocycles. The Morgan fingerprint density at radius 1 is 1.10 bits per heavy atom. The summed E-state index contributed by atoms with van der Waals surface area (Å²) in [5.74, 6) is 2.12. The van der Waals surface area contributed by atoms with Gasteiger partial charge in [-0.15, -0.1) is 0 Å². The van der Waals surface area contributed by atoms with Crippen LogP contribution in [-0.2, 0) is 0 Å². The zero-order valence-corrected chi connectivity index (χ0v) is 16.1. The average Bonchev–Trinajstić information content (AvgIpc) is 3.31.